The van der Waals surface area contributed by atoms with Crippen molar-refractivity contribution in [3.05, 3.63) is 29.8 Å². The highest BCUT2D eigenvalue weighted by atomic mass is 16.6. The minimum atomic E-state index is -2.24. The van der Waals surface area contributed by atoms with Crippen molar-refractivity contribution >= 4 is 82.8 Å². The summed E-state index contributed by atoms with van der Waals surface area (Å²) in [5, 5.41) is 99.0. The lowest BCUT2D eigenvalue weighted by atomic mass is 9.99. The minimum absolute atomic E-state index is 0.00485. The molecule has 3 saturated heterocycles. The van der Waals surface area contributed by atoms with Gasteiger partial charge in [-0.25, -0.2) is 4.79 Å². The summed E-state index contributed by atoms with van der Waals surface area (Å²) in [5.74, 6) is -16.8. The summed E-state index contributed by atoms with van der Waals surface area (Å²) in [7, 11) is 0. The number of rotatable bonds is 36. The molecule has 0 unspecified atom stereocenters. The predicted octanol–water partition coefficient (Wildman–Crippen LogP) is -6.57. The van der Waals surface area contributed by atoms with Gasteiger partial charge in [-0.15, -0.1) is 0 Å². The average Bonchev–Trinajstić information content (AvgIpc) is 1.71. The van der Waals surface area contributed by atoms with Gasteiger partial charge in [0.05, 0.1) is 55.6 Å². The maximum atomic E-state index is 15.1. The fourth-order valence-electron chi connectivity index (χ4n) is 14.3. The zero-order valence-corrected chi connectivity index (χ0v) is 68.6. The first-order valence-electron chi connectivity index (χ1n) is 40.9. The zero-order valence-electron chi connectivity index (χ0n) is 68.6. The van der Waals surface area contributed by atoms with Crippen LogP contribution in [0.2, 0.25) is 0 Å². The summed E-state index contributed by atoms with van der Waals surface area (Å²) in [6.45, 7) is 8.60. The van der Waals surface area contributed by atoms with Crippen molar-refractivity contribution in [3.63, 3.8) is 0 Å². The first kappa shape index (κ1) is 101. The van der Waals surface area contributed by atoms with Crippen molar-refractivity contribution in [3.8, 4) is 5.75 Å². The maximum Gasteiger partial charge on any atom is 0.329 e. The van der Waals surface area contributed by atoms with Crippen LogP contribution in [0.5, 0.6) is 5.75 Å². The first-order chi connectivity index (χ1) is 55.4. The number of phenols is 1. The smallest absolute Gasteiger partial charge is 0.329 e. The summed E-state index contributed by atoms with van der Waals surface area (Å²) in [5.41, 5.74) is 29.7. The molecule has 0 saturated carbocycles. The third-order valence-electron chi connectivity index (χ3n) is 20.9. The van der Waals surface area contributed by atoms with Gasteiger partial charge < -0.3 is 132 Å². The number of nitrogens with two attached hydrogens (primary N) is 5. The second-order valence-corrected chi connectivity index (χ2v) is 30.9. The summed E-state index contributed by atoms with van der Waals surface area (Å²) in [6.07, 6.45) is -5.00. The van der Waals surface area contributed by atoms with E-state index in [4.69, 9.17) is 33.4 Å². The van der Waals surface area contributed by atoms with Gasteiger partial charge in [-0.1, -0.05) is 97.1 Å². The van der Waals surface area contributed by atoms with Crippen LogP contribution in [-0.2, 0) is 78.3 Å². The van der Waals surface area contributed by atoms with E-state index in [1.807, 2.05) is 4.90 Å². The van der Waals surface area contributed by atoms with Crippen LogP contribution in [-0.4, -0.2) is 319 Å². The van der Waals surface area contributed by atoms with Crippen molar-refractivity contribution in [2.24, 2.45) is 34.6 Å². The number of esters is 1. The molecule has 13 amide bonds. The highest BCUT2D eigenvalue weighted by Gasteiger charge is 2.49. The van der Waals surface area contributed by atoms with Crippen LogP contribution in [0, 0.1) is 5.92 Å². The molecule has 0 bridgehead atoms. The number of unbranched alkanes of at least 4 members (excludes halogenated alkanes) is 10. The number of hydrogen-bond donors (Lipinski definition) is 21. The van der Waals surface area contributed by atoms with Crippen molar-refractivity contribution in [2.45, 2.75) is 286 Å². The van der Waals surface area contributed by atoms with Gasteiger partial charge in [0.1, 0.15) is 66.2 Å². The predicted molar refractivity (Wildman–Crippen MR) is 425 cm³/mol. The van der Waals surface area contributed by atoms with E-state index in [0.717, 1.165) is 81.9 Å². The summed E-state index contributed by atoms with van der Waals surface area (Å²) in [6, 6.07) is -13.6. The fraction of sp³-hybridized carbons (Fsp3) is 0.740. The average molecular weight is 1660 g/mol. The number of ether oxygens (including phenoxy) is 1. The molecule has 117 heavy (non-hydrogen) atoms. The molecule has 662 valence electrons. The molecule has 40 nitrogen and oxygen atoms in total. The van der Waals surface area contributed by atoms with Crippen LogP contribution in [0.1, 0.15) is 176 Å². The van der Waals surface area contributed by atoms with Gasteiger partial charge >= 0.3 is 5.97 Å². The number of carbonyl (C=O) groups is 14. The van der Waals surface area contributed by atoms with Gasteiger partial charge in [0, 0.05) is 71.7 Å². The van der Waals surface area contributed by atoms with E-state index >= 15 is 4.79 Å². The second-order valence-electron chi connectivity index (χ2n) is 30.9. The van der Waals surface area contributed by atoms with Gasteiger partial charge in [0.25, 0.3) is 5.91 Å². The lowest BCUT2D eigenvalue weighted by molar-refractivity contribution is -0.160. The standard InChI is InChI=1S/C77H132N18O22/c1-8-9-10-11-12-13-14-15-16-17-18-23-57-69(108)89-62(46(6)97)71(110)84-44(4)66(105)86-52(38-48-24-26-49(99)27-25-48)67(106)88-60(43(2)3)75(114)95-42-50(100)39-54(95)68(107)90-63(47(7)98)76(115)94-34-28-55(101)65(94)73(112)91-64(56(102)40-58(82)103)70(109)83-41-59(104)87-61(45(5)96)72(111)85-51(77(116)117-57)21-20-33-93(37-32-81)74(113)53(22-19-29-78)92(35-30-79)36-31-80/h24-27,43-47,50-57,60-65,96-102H,8-23,28-42,78-81H2,1-7H3,(H2,82,103)(H,83,109)(H,84,110)(H,85,111)(H,86,105)(H,87,104)(H,88,106)(H,89,108)(H,90,107)(H,91,112)/t44-,45-,46-,47-,50-,51+,52+,53+,54+,55+,56-,57-,60+,61-,62+,63+,64+,65-/m1/s1. The summed E-state index contributed by atoms with van der Waals surface area (Å²) < 4.78 is 6.04. The SMILES string of the molecule is CCCCCCCCCCCCC[C@H]1OC(=O)[C@H](CCCN(CCN)C(=O)[C@H](CCCN)N(CCN)CCN)NC(=O)[C@@H]([C@@H](C)O)NC(=O)CNC(=O)[C@H]([C@H](O)CC(N)=O)NC(=O)[C@H]2[C@@H](O)CCN2C(=O)[C@H]([C@@H](C)O)NC(=O)[C@@H]2C[C@@H](O)CN2C(=O)[C@H](C(C)C)NC(=O)[C@H](Cc2ccc(O)cc2)NC(=O)[C@@H](C)NC(=O)[C@H]([C@@H](C)O)NC1=O. The number of benzene rings is 1. The number of cyclic esters (lactones) is 1. The third kappa shape index (κ3) is 32.4. The van der Waals surface area contributed by atoms with E-state index in [1.54, 1.807) is 0 Å². The Morgan fingerprint density at radius 3 is 1.66 bits per heavy atom. The van der Waals surface area contributed by atoms with Gasteiger partial charge in [0.15, 0.2) is 6.10 Å². The molecular weight excluding hydrogens is 1530 g/mol. The quantitative estimate of drug-likeness (QED) is 0.0219. The van der Waals surface area contributed by atoms with Crippen LogP contribution < -0.4 is 76.5 Å². The highest BCUT2D eigenvalue weighted by Crippen LogP contribution is 2.26. The topological polar surface area (TPSA) is 641 Å². The molecule has 0 aromatic heterocycles. The van der Waals surface area contributed by atoms with Crippen molar-refractivity contribution in [1.82, 2.24) is 67.5 Å². The number of nitrogens with zero attached hydrogens (tertiary/aromatic N) is 4. The molecule has 0 aliphatic carbocycles. The van der Waals surface area contributed by atoms with Crippen LogP contribution in [0.25, 0.3) is 0 Å². The first-order valence-corrected chi connectivity index (χ1v) is 40.9. The number of aliphatic hydroxyl groups is 6. The molecule has 4 rings (SSSR count). The molecule has 1 aromatic carbocycles. The molecule has 3 heterocycles. The Labute approximate surface area is 683 Å². The lowest BCUT2D eigenvalue weighted by Gasteiger charge is -2.35. The van der Waals surface area contributed by atoms with Crippen LogP contribution in [0.15, 0.2) is 24.3 Å². The Hall–Kier alpha value is -8.84. The number of fused-ring (bicyclic) bond motifs is 2. The van der Waals surface area contributed by atoms with Crippen LogP contribution in [0.3, 0.4) is 0 Å². The molecular formula is C77H132N18O22. The lowest BCUT2D eigenvalue weighted by Crippen LogP contribution is -2.63. The van der Waals surface area contributed by atoms with Gasteiger partial charge in [-0.2, -0.15) is 0 Å². The van der Waals surface area contributed by atoms with Crippen LogP contribution in [0.4, 0.5) is 0 Å². The van der Waals surface area contributed by atoms with Gasteiger partial charge in [-0.3, -0.25) is 67.2 Å². The summed E-state index contributed by atoms with van der Waals surface area (Å²) >= 11 is 0. The second kappa shape index (κ2) is 51.5. The molecule has 1 aromatic rings. The molecule has 26 N–H and O–H groups in total. The van der Waals surface area contributed by atoms with E-state index in [0.29, 0.717) is 31.2 Å². The fourth-order valence-corrected chi connectivity index (χ4v) is 14.3. The number of aromatic hydroxyl groups is 1. The largest absolute Gasteiger partial charge is 0.508 e. The number of primary amides is 1. The van der Waals surface area contributed by atoms with E-state index in [9.17, 15) is 98.1 Å². The number of carbonyl (C=O) groups excluding carboxylic acids is 14. The number of amides is 13. The number of phenolic OH excluding ortho intramolecular Hbond substituents is 1. The monoisotopic (exact) mass is 1660 g/mol. The molecule has 0 spiro atoms. The Morgan fingerprint density at radius 2 is 1.09 bits per heavy atom. The maximum absolute atomic E-state index is 15.1. The van der Waals surface area contributed by atoms with Crippen molar-refractivity contribution in [2.75, 3.05) is 72.0 Å². The highest BCUT2D eigenvalue weighted by molar-refractivity contribution is 6.00. The molecule has 3 aliphatic rings. The Bertz CT molecular complexity index is 3390. The Morgan fingerprint density at radius 1 is 0.556 bits per heavy atom. The van der Waals surface area contributed by atoms with E-state index in [2.05, 4.69) is 54.8 Å². The van der Waals surface area contributed by atoms with E-state index in [-0.39, 0.29) is 96.1 Å². The molecule has 3 aliphatic heterocycles. The van der Waals surface area contributed by atoms with Gasteiger partial charge in [0.2, 0.25) is 70.9 Å². The minimum Gasteiger partial charge on any atom is -0.508 e. The Balaban J connectivity index is 1.91. The molecule has 40 heteroatoms. The number of aliphatic hydroxyl groups excluding tert-OH is 6. The van der Waals surface area contributed by atoms with Crippen molar-refractivity contribution < 1.29 is 108 Å². The normalized spacial score (nSPS) is 25.9. The number of nitrogens with one attached hydrogen (secondary N) is 9. The molecule has 0 radical (unpaired) electrons. The third-order valence-corrected chi connectivity index (χ3v) is 20.9. The molecule has 3 fully saturated rings. The van der Waals surface area contributed by atoms with E-state index < -0.39 is 231 Å². The summed E-state index contributed by atoms with van der Waals surface area (Å²) in [4.78, 5) is 207. The zero-order chi connectivity index (χ0) is 87.3. The number of hydrogen-bond acceptors (Lipinski definition) is 27. The van der Waals surface area contributed by atoms with E-state index in [1.165, 1.54) is 49.9 Å². The van der Waals surface area contributed by atoms with Gasteiger partial charge in [-0.05, 0) is 103 Å². The van der Waals surface area contributed by atoms with Crippen molar-refractivity contribution in [1.29, 1.82) is 0 Å². The Kier molecular flexibility index (Phi) is 44.2. The molecule has 18 atom stereocenters. The van der Waals surface area contributed by atoms with Crippen LogP contribution >= 0.6 is 0 Å².